The van der Waals surface area contributed by atoms with Crippen molar-refractivity contribution in [3.8, 4) is 0 Å². The number of nitrogens with zero attached hydrogens (tertiary/aromatic N) is 2. The van der Waals surface area contributed by atoms with E-state index in [2.05, 4.69) is 4.98 Å². The predicted octanol–water partition coefficient (Wildman–Crippen LogP) is 6.19. The highest BCUT2D eigenvalue weighted by atomic mass is 35.5. The fraction of sp³-hybridized carbons (Fsp3) is 0.158. The first-order valence-electron chi connectivity index (χ1n) is 7.98. The van der Waals surface area contributed by atoms with Gasteiger partial charge in [0.25, 0.3) is 0 Å². The van der Waals surface area contributed by atoms with Crippen LogP contribution in [0.3, 0.4) is 0 Å². The molecule has 1 aromatic heterocycles. The number of hydrogen-bond acceptors (Lipinski definition) is 4. The van der Waals surface area contributed by atoms with Crippen molar-refractivity contribution in [3.05, 3.63) is 88.4 Å². The van der Waals surface area contributed by atoms with E-state index in [0.717, 1.165) is 11.1 Å². The molecule has 0 aliphatic carbocycles. The third kappa shape index (κ3) is 5.59. The molecule has 8 heteroatoms. The lowest BCUT2D eigenvalue weighted by molar-refractivity contribution is 0.0970. The summed E-state index contributed by atoms with van der Waals surface area (Å²) in [5, 5.41) is 1.27. The van der Waals surface area contributed by atoms with Gasteiger partial charge in [0.05, 0.1) is 6.33 Å². The molecule has 4 nitrogen and oxygen atoms in total. The zero-order valence-electron chi connectivity index (χ0n) is 14.0. The van der Waals surface area contributed by atoms with Gasteiger partial charge in [0, 0.05) is 34.7 Å². The molecule has 0 saturated carbocycles. The number of ether oxygens (including phenoxy) is 2. The summed E-state index contributed by atoms with van der Waals surface area (Å²) in [6, 6.07) is 14.5. The zero-order valence-corrected chi connectivity index (χ0v) is 17.1. The van der Waals surface area contributed by atoms with Crippen LogP contribution in [0.5, 0.6) is 0 Å². The van der Waals surface area contributed by atoms with E-state index in [1.807, 2.05) is 24.3 Å². The summed E-state index contributed by atoms with van der Waals surface area (Å²) in [4.78, 5) is 4.02. The number of rotatable bonds is 6. The van der Waals surface area contributed by atoms with Crippen molar-refractivity contribution in [2.24, 2.45) is 0 Å². The Balaban J connectivity index is 1.71. The van der Waals surface area contributed by atoms with Crippen LogP contribution >= 0.6 is 47.0 Å². The molecular formula is C19H15Cl3N2O2S. The molecule has 2 unspecified atom stereocenters. The summed E-state index contributed by atoms with van der Waals surface area (Å²) in [5.74, 6) is 0. The maximum absolute atomic E-state index is 6.60. The first-order chi connectivity index (χ1) is 13.0. The molecule has 2 atom stereocenters. The second kappa shape index (κ2) is 9.42. The summed E-state index contributed by atoms with van der Waals surface area (Å²) in [7, 11) is 0. The van der Waals surface area contributed by atoms with Crippen molar-refractivity contribution in [3.63, 3.8) is 0 Å². The van der Waals surface area contributed by atoms with Gasteiger partial charge in [-0.2, -0.15) is 0 Å². The van der Waals surface area contributed by atoms with Crippen LogP contribution in [0.15, 0.2) is 67.3 Å². The Morgan fingerprint density at radius 3 is 2.26 bits per heavy atom. The minimum atomic E-state index is -0.587. The highest BCUT2D eigenvalue weighted by Gasteiger charge is 2.26. The number of aromatic nitrogens is 2. The summed E-state index contributed by atoms with van der Waals surface area (Å²) in [6.07, 6.45) is 4.42. The third-order valence-corrected chi connectivity index (χ3v) is 4.92. The first kappa shape index (κ1) is 20.0. The Bertz CT molecular complexity index is 871. The maximum atomic E-state index is 6.60. The molecule has 3 aromatic rings. The van der Waals surface area contributed by atoms with E-state index in [-0.39, 0.29) is 11.8 Å². The van der Waals surface area contributed by atoms with Gasteiger partial charge in [-0.3, -0.25) is 0 Å². The summed E-state index contributed by atoms with van der Waals surface area (Å²) >= 11 is 23.7. The van der Waals surface area contributed by atoms with Crippen molar-refractivity contribution in [1.82, 2.24) is 9.55 Å². The molecule has 2 aromatic carbocycles. The van der Waals surface area contributed by atoms with Crippen molar-refractivity contribution in [2.45, 2.75) is 18.2 Å². The van der Waals surface area contributed by atoms with Gasteiger partial charge in [-0.05, 0) is 35.4 Å². The largest absolute Gasteiger partial charge is 0.452 e. The lowest BCUT2D eigenvalue weighted by atomic mass is 10.1. The van der Waals surface area contributed by atoms with E-state index in [9.17, 15) is 0 Å². The Labute approximate surface area is 177 Å². The van der Waals surface area contributed by atoms with Gasteiger partial charge in [0.2, 0.25) is 0 Å². The van der Waals surface area contributed by atoms with E-state index in [0.29, 0.717) is 10.0 Å². The van der Waals surface area contributed by atoms with Gasteiger partial charge in [0.1, 0.15) is 6.61 Å². The Kier molecular flexibility index (Phi) is 6.96. The lowest BCUT2D eigenvalue weighted by Gasteiger charge is -2.25. The van der Waals surface area contributed by atoms with E-state index in [1.54, 1.807) is 47.6 Å². The molecule has 0 aliphatic rings. The van der Waals surface area contributed by atoms with E-state index < -0.39 is 11.6 Å². The average molecular weight is 442 g/mol. The number of halogens is 3. The van der Waals surface area contributed by atoms with Gasteiger partial charge in [-0.15, -0.1) is 0 Å². The van der Waals surface area contributed by atoms with Crippen LogP contribution < -0.4 is 0 Å². The van der Waals surface area contributed by atoms with Crippen LogP contribution in [0, 0.1) is 0 Å². The first-order valence-corrected chi connectivity index (χ1v) is 9.58. The van der Waals surface area contributed by atoms with Crippen LogP contribution in [0.1, 0.15) is 22.7 Å². The number of imidazole rings is 1. The zero-order chi connectivity index (χ0) is 19.2. The molecule has 1 heterocycles. The van der Waals surface area contributed by atoms with Gasteiger partial charge in [-0.25, -0.2) is 4.98 Å². The highest BCUT2D eigenvalue weighted by molar-refractivity contribution is 7.79. The van der Waals surface area contributed by atoms with E-state index >= 15 is 0 Å². The van der Waals surface area contributed by atoms with Gasteiger partial charge < -0.3 is 14.0 Å². The standard InChI is InChI=1S/C19H15Cl3N2O2S/c20-15-5-1-13(2-6-15)11-25-19(27)26-17(14-3-7-16(21)8-4-14)18(22)24-10-9-23-12-24/h1-10,12,17-18H,11H2. The second-order valence-corrected chi connectivity index (χ2v) is 7.29. The topological polar surface area (TPSA) is 36.3 Å². The SMILES string of the molecule is S=C(OCc1ccc(Cl)cc1)OC(c1ccc(Cl)cc1)C(Cl)n1ccnc1. The molecule has 0 N–H and O–H groups in total. The quantitative estimate of drug-likeness (QED) is 0.338. The monoisotopic (exact) mass is 440 g/mol. The van der Waals surface area contributed by atoms with Crippen LogP contribution in [0.4, 0.5) is 0 Å². The van der Waals surface area contributed by atoms with Gasteiger partial charge in [0.15, 0.2) is 11.6 Å². The minimum Gasteiger partial charge on any atom is -0.452 e. The van der Waals surface area contributed by atoms with Crippen molar-refractivity contribution in [1.29, 1.82) is 0 Å². The van der Waals surface area contributed by atoms with Crippen molar-refractivity contribution >= 4 is 52.3 Å². The molecular weight excluding hydrogens is 427 g/mol. The fourth-order valence-electron chi connectivity index (χ4n) is 2.37. The number of alkyl halides is 1. The fourth-order valence-corrected chi connectivity index (χ4v) is 3.09. The Morgan fingerprint density at radius 1 is 1.04 bits per heavy atom. The summed E-state index contributed by atoms with van der Waals surface area (Å²) < 4.78 is 13.2. The van der Waals surface area contributed by atoms with Crippen LogP contribution in [0.2, 0.25) is 10.0 Å². The second-order valence-electron chi connectivity index (χ2n) is 5.64. The van der Waals surface area contributed by atoms with Crippen molar-refractivity contribution < 1.29 is 9.47 Å². The number of hydrogen-bond donors (Lipinski definition) is 0. The normalized spacial score (nSPS) is 13.0. The summed E-state index contributed by atoms with van der Waals surface area (Å²) in [6.45, 7) is 0.265. The van der Waals surface area contributed by atoms with Crippen molar-refractivity contribution in [2.75, 3.05) is 0 Å². The molecule has 27 heavy (non-hydrogen) atoms. The Morgan fingerprint density at radius 2 is 1.67 bits per heavy atom. The molecule has 0 bridgehead atoms. The smallest absolute Gasteiger partial charge is 0.353 e. The molecule has 0 spiro atoms. The predicted molar refractivity (Wildman–Crippen MR) is 111 cm³/mol. The molecule has 3 rings (SSSR count). The highest BCUT2D eigenvalue weighted by Crippen LogP contribution is 2.34. The molecule has 0 radical (unpaired) electrons. The minimum absolute atomic E-state index is 0.00401. The molecule has 0 fully saturated rings. The van der Waals surface area contributed by atoms with Gasteiger partial charge in [-0.1, -0.05) is 59.1 Å². The number of thiocarbonyl (C=S) groups is 1. The third-order valence-electron chi connectivity index (χ3n) is 3.75. The summed E-state index contributed by atoms with van der Waals surface area (Å²) in [5.41, 5.74) is 1.15. The van der Waals surface area contributed by atoms with Crippen LogP contribution in [0.25, 0.3) is 0 Å². The molecule has 140 valence electrons. The van der Waals surface area contributed by atoms with Crippen LogP contribution in [-0.2, 0) is 16.1 Å². The van der Waals surface area contributed by atoms with E-state index in [1.165, 1.54) is 0 Å². The number of benzene rings is 2. The Hall–Kier alpha value is -1.79. The molecule has 0 aliphatic heterocycles. The average Bonchev–Trinajstić information content (AvgIpc) is 3.21. The maximum Gasteiger partial charge on any atom is 0.353 e. The van der Waals surface area contributed by atoms with Gasteiger partial charge >= 0.3 is 5.24 Å². The lowest BCUT2D eigenvalue weighted by Crippen LogP contribution is -2.19. The van der Waals surface area contributed by atoms with Crippen LogP contribution in [-0.4, -0.2) is 14.8 Å². The van der Waals surface area contributed by atoms with E-state index in [4.69, 9.17) is 56.5 Å². The molecule has 0 saturated heterocycles. The molecule has 0 amide bonds.